The summed E-state index contributed by atoms with van der Waals surface area (Å²) in [6.45, 7) is 0.157. The highest BCUT2D eigenvalue weighted by atomic mass is 32.2. The summed E-state index contributed by atoms with van der Waals surface area (Å²) in [7, 11) is -3.64. The third-order valence-electron chi connectivity index (χ3n) is 3.54. The predicted octanol–water partition coefficient (Wildman–Crippen LogP) is 1.54. The standard InChI is InChI=1S/C16H15N3O4S/c20-15-10-17-16(21)19(15)11-12-6-8-13(9-7-12)18-24(22,23)14-4-2-1-3-5-14/h1-9,18H,10-11H2,(H,17,21). The molecule has 0 spiro atoms. The quantitative estimate of drug-likeness (QED) is 0.804. The molecule has 1 aliphatic rings. The molecule has 0 saturated carbocycles. The first-order valence-corrected chi connectivity index (χ1v) is 8.69. The van der Waals surface area contributed by atoms with Crippen LogP contribution in [0.1, 0.15) is 5.56 Å². The highest BCUT2D eigenvalue weighted by molar-refractivity contribution is 7.92. The van der Waals surface area contributed by atoms with E-state index in [9.17, 15) is 18.0 Å². The predicted molar refractivity (Wildman–Crippen MR) is 87.6 cm³/mol. The SMILES string of the molecule is O=C1CNC(=O)N1Cc1ccc(NS(=O)(=O)c2ccccc2)cc1. The number of hydrogen-bond donors (Lipinski definition) is 2. The van der Waals surface area contributed by atoms with Gasteiger partial charge < -0.3 is 5.32 Å². The van der Waals surface area contributed by atoms with Crippen molar-refractivity contribution in [1.29, 1.82) is 0 Å². The second-order valence-electron chi connectivity index (χ2n) is 5.25. The number of hydrogen-bond acceptors (Lipinski definition) is 4. The molecule has 7 nitrogen and oxygen atoms in total. The third kappa shape index (κ3) is 3.38. The van der Waals surface area contributed by atoms with Crippen LogP contribution in [0, 0.1) is 0 Å². The highest BCUT2D eigenvalue weighted by Gasteiger charge is 2.28. The van der Waals surface area contributed by atoms with Crippen LogP contribution in [0.4, 0.5) is 10.5 Å². The average molecular weight is 345 g/mol. The normalized spacial score (nSPS) is 14.6. The monoisotopic (exact) mass is 345 g/mol. The van der Waals surface area contributed by atoms with Crippen molar-refractivity contribution in [2.24, 2.45) is 0 Å². The van der Waals surface area contributed by atoms with Crippen LogP contribution in [-0.4, -0.2) is 31.8 Å². The van der Waals surface area contributed by atoms with E-state index in [1.165, 1.54) is 12.1 Å². The Bertz CT molecular complexity index is 848. The number of amides is 3. The molecule has 0 unspecified atom stereocenters. The van der Waals surface area contributed by atoms with Crippen molar-refractivity contribution in [3.8, 4) is 0 Å². The third-order valence-corrected chi connectivity index (χ3v) is 4.93. The van der Waals surface area contributed by atoms with Gasteiger partial charge in [-0.3, -0.25) is 14.4 Å². The first-order valence-electron chi connectivity index (χ1n) is 7.21. The first-order chi connectivity index (χ1) is 11.5. The zero-order valence-corrected chi connectivity index (χ0v) is 13.4. The van der Waals surface area contributed by atoms with Crippen molar-refractivity contribution in [3.63, 3.8) is 0 Å². The molecule has 0 aromatic heterocycles. The lowest BCUT2D eigenvalue weighted by molar-refractivity contribution is -0.125. The minimum Gasteiger partial charge on any atom is -0.329 e. The van der Waals surface area contributed by atoms with Gasteiger partial charge in [0.2, 0.25) is 5.91 Å². The molecule has 2 aromatic rings. The van der Waals surface area contributed by atoms with E-state index in [1.807, 2.05) is 0 Å². The molecule has 0 atom stereocenters. The van der Waals surface area contributed by atoms with Crippen LogP contribution in [0.3, 0.4) is 0 Å². The summed E-state index contributed by atoms with van der Waals surface area (Å²) in [6, 6.07) is 14.2. The van der Waals surface area contributed by atoms with Gasteiger partial charge in [-0.1, -0.05) is 30.3 Å². The molecule has 1 saturated heterocycles. The number of sulfonamides is 1. The number of rotatable bonds is 5. The molecule has 2 aromatic carbocycles. The number of anilines is 1. The van der Waals surface area contributed by atoms with Crippen LogP contribution in [0.5, 0.6) is 0 Å². The molecular formula is C16H15N3O4S. The molecule has 1 aliphatic heterocycles. The van der Waals surface area contributed by atoms with Gasteiger partial charge in [-0.25, -0.2) is 13.2 Å². The van der Waals surface area contributed by atoms with Gasteiger partial charge >= 0.3 is 6.03 Å². The van der Waals surface area contributed by atoms with Crippen molar-refractivity contribution < 1.29 is 18.0 Å². The van der Waals surface area contributed by atoms with E-state index in [4.69, 9.17) is 0 Å². The number of carbonyl (C=O) groups excluding carboxylic acids is 2. The van der Waals surface area contributed by atoms with E-state index in [0.29, 0.717) is 5.69 Å². The van der Waals surface area contributed by atoms with E-state index in [-0.39, 0.29) is 23.9 Å². The molecule has 0 radical (unpaired) electrons. The Hall–Kier alpha value is -2.87. The second kappa shape index (κ2) is 6.32. The number of carbonyl (C=O) groups is 2. The molecule has 1 heterocycles. The van der Waals surface area contributed by atoms with Gasteiger partial charge in [-0.05, 0) is 29.8 Å². The Kier molecular flexibility index (Phi) is 4.22. The van der Waals surface area contributed by atoms with Crippen LogP contribution in [0.2, 0.25) is 0 Å². The summed E-state index contributed by atoms with van der Waals surface area (Å²) in [5.74, 6) is -0.283. The largest absolute Gasteiger partial charge is 0.329 e. The Balaban J connectivity index is 1.71. The Morgan fingerprint density at radius 3 is 2.25 bits per heavy atom. The van der Waals surface area contributed by atoms with Crippen molar-refractivity contribution in [1.82, 2.24) is 10.2 Å². The van der Waals surface area contributed by atoms with E-state index < -0.39 is 16.1 Å². The maximum absolute atomic E-state index is 12.2. The molecular weight excluding hydrogens is 330 g/mol. The highest BCUT2D eigenvalue weighted by Crippen LogP contribution is 2.17. The molecule has 8 heteroatoms. The summed E-state index contributed by atoms with van der Waals surface area (Å²) >= 11 is 0. The first kappa shape index (κ1) is 16.0. The Morgan fingerprint density at radius 2 is 1.67 bits per heavy atom. The molecule has 0 aliphatic carbocycles. The minimum atomic E-state index is -3.64. The van der Waals surface area contributed by atoms with E-state index in [1.54, 1.807) is 42.5 Å². The molecule has 1 fully saturated rings. The number of imide groups is 1. The van der Waals surface area contributed by atoms with Gasteiger partial charge in [0.25, 0.3) is 10.0 Å². The molecule has 124 valence electrons. The average Bonchev–Trinajstić information content (AvgIpc) is 2.89. The van der Waals surface area contributed by atoms with Crippen molar-refractivity contribution in [2.45, 2.75) is 11.4 Å². The zero-order valence-electron chi connectivity index (χ0n) is 12.6. The van der Waals surface area contributed by atoms with Gasteiger partial charge in [0.1, 0.15) is 0 Å². The molecule has 3 rings (SSSR count). The molecule has 2 N–H and O–H groups in total. The van der Waals surface area contributed by atoms with Crippen molar-refractivity contribution in [2.75, 3.05) is 11.3 Å². The number of benzene rings is 2. The van der Waals surface area contributed by atoms with Crippen molar-refractivity contribution in [3.05, 3.63) is 60.2 Å². The number of nitrogens with one attached hydrogen (secondary N) is 2. The second-order valence-corrected chi connectivity index (χ2v) is 6.94. The summed E-state index contributed by atoms with van der Waals surface area (Å²) in [4.78, 5) is 24.3. The van der Waals surface area contributed by atoms with Crippen LogP contribution in [0.15, 0.2) is 59.5 Å². The zero-order chi connectivity index (χ0) is 17.2. The molecule has 3 amide bonds. The molecule has 0 bridgehead atoms. The lowest BCUT2D eigenvalue weighted by atomic mass is 10.2. The maximum Gasteiger partial charge on any atom is 0.324 e. The topological polar surface area (TPSA) is 95.6 Å². The fourth-order valence-corrected chi connectivity index (χ4v) is 3.37. The maximum atomic E-state index is 12.2. The van der Waals surface area contributed by atoms with Gasteiger partial charge in [0, 0.05) is 5.69 Å². The molecule has 24 heavy (non-hydrogen) atoms. The van der Waals surface area contributed by atoms with Crippen LogP contribution in [-0.2, 0) is 21.4 Å². The number of urea groups is 1. The smallest absolute Gasteiger partial charge is 0.324 e. The van der Waals surface area contributed by atoms with Crippen LogP contribution in [0.25, 0.3) is 0 Å². The van der Waals surface area contributed by atoms with Gasteiger partial charge in [0.15, 0.2) is 0 Å². The van der Waals surface area contributed by atoms with E-state index in [0.717, 1.165) is 10.5 Å². The van der Waals surface area contributed by atoms with Crippen LogP contribution < -0.4 is 10.0 Å². The number of nitrogens with zero attached hydrogens (tertiary/aromatic N) is 1. The summed E-state index contributed by atoms with van der Waals surface area (Å²) in [6.07, 6.45) is 0. The van der Waals surface area contributed by atoms with Crippen molar-refractivity contribution >= 4 is 27.6 Å². The van der Waals surface area contributed by atoms with E-state index in [2.05, 4.69) is 10.0 Å². The fourth-order valence-electron chi connectivity index (χ4n) is 2.29. The lowest BCUT2D eigenvalue weighted by Crippen LogP contribution is -2.30. The lowest BCUT2D eigenvalue weighted by Gasteiger charge is -2.13. The summed E-state index contributed by atoms with van der Waals surface area (Å²) < 4.78 is 27.0. The van der Waals surface area contributed by atoms with Gasteiger partial charge in [0.05, 0.1) is 18.0 Å². The van der Waals surface area contributed by atoms with Crippen LogP contribution >= 0.6 is 0 Å². The van der Waals surface area contributed by atoms with Gasteiger partial charge in [-0.15, -0.1) is 0 Å². The van der Waals surface area contributed by atoms with Gasteiger partial charge in [-0.2, -0.15) is 0 Å². The summed E-state index contributed by atoms with van der Waals surface area (Å²) in [5.41, 5.74) is 1.13. The summed E-state index contributed by atoms with van der Waals surface area (Å²) in [5, 5.41) is 2.45. The minimum absolute atomic E-state index is 0.00773. The fraction of sp³-hybridized carbons (Fsp3) is 0.125. The Labute approximate surface area is 139 Å². The van der Waals surface area contributed by atoms with E-state index >= 15 is 0 Å². The Morgan fingerprint density at radius 1 is 1.00 bits per heavy atom.